The van der Waals surface area contributed by atoms with Gasteiger partial charge in [-0.2, -0.15) is 0 Å². The number of aliphatic hydroxyl groups excluding tert-OH is 1. The molecule has 0 saturated heterocycles. The Balaban J connectivity index is 1.64. The normalized spacial score (nSPS) is 19.2. The Morgan fingerprint density at radius 3 is 2.70 bits per heavy atom. The predicted octanol–water partition coefficient (Wildman–Crippen LogP) is 3.01. The van der Waals surface area contributed by atoms with E-state index in [0.29, 0.717) is 17.7 Å². The van der Waals surface area contributed by atoms with E-state index in [4.69, 9.17) is 4.42 Å². The summed E-state index contributed by atoms with van der Waals surface area (Å²) in [5.74, 6) is 0.278. The second-order valence-corrected chi connectivity index (χ2v) is 7.35. The lowest BCUT2D eigenvalue weighted by Gasteiger charge is -2.19. The number of aryl methyl sites for hydroxylation is 3. The van der Waals surface area contributed by atoms with Gasteiger partial charge in [0.25, 0.3) is 5.91 Å². The SMILES string of the molecule is Cc1cc(CCCc2ccccc2)oc(=O)c1C(=O)N[C@H]1CCC[C@H]1CO. The molecule has 1 aliphatic rings. The van der Waals surface area contributed by atoms with E-state index in [9.17, 15) is 14.7 Å². The van der Waals surface area contributed by atoms with E-state index in [2.05, 4.69) is 17.4 Å². The van der Waals surface area contributed by atoms with Crippen LogP contribution < -0.4 is 10.9 Å². The van der Waals surface area contributed by atoms with Crippen LogP contribution in [0.4, 0.5) is 0 Å². The topological polar surface area (TPSA) is 79.5 Å². The Morgan fingerprint density at radius 2 is 2.00 bits per heavy atom. The van der Waals surface area contributed by atoms with Crippen molar-refractivity contribution >= 4 is 5.91 Å². The van der Waals surface area contributed by atoms with E-state index in [1.807, 2.05) is 18.2 Å². The summed E-state index contributed by atoms with van der Waals surface area (Å²) in [5.41, 5.74) is 1.38. The highest BCUT2D eigenvalue weighted by Crippen LogP contribution is 2.25. The molecule has 5 nitrogen and oxygen atoms in total. The molecule has 1 aliphatic carbocycles. The lowest BCUT2D eigenvalue weighted by Crippen LogP contribution is -2.40. The van der Waals surface area contributed by atoms with Crippen LogP contribution in [0.15, 0.2) is 45.6 Å². The van der Waals surface area contributed by atoms with Crippen LogP contribution in [-0.4, -0.2) is 23.7 Å². The first kappa shape index (κ1) is 19.4. The maximum atomic E-state index is 12.6. The highest BCUT2D eigenvalue weighted by atomic mass is 16.4. The largest absolute Gasteiger partial charge is 0.427 e. The molecule has 0 unspecified atom stereocenters. The number of amides is 1. The van der Waals surface area contributed by atoms with Crippen molar-refractivity contribution in [3.05, 3.63) is 69.3 Å². The van der Waals surface area contributed by atoms with Gasteiger partial charge in [0.2, 0.25) is 0 Å². The van der Waals surface area contributed by atoms with Crippen LogP contribution in [0.2, 0.25) is 0 Å². The number of carbonyl (C=O) groups excluding carboxylic acids is 1. The van der Waals surface area contributed by atoms with E-state index >= 15 is 0 Å². The smallest absolute Gasteiger partial charge is 0.349 e. The summed E-state index contributed by atoms with van der Waals surface area (Å²) in [7, 11) is 0. The fourth-order valence-corrected chi connectivity index (χ4v) is 3.87. The quantitative estimate of drug-likeness (QED) is 0.786. The minimum Gasteiger partial charge on any atom is -0.427 e. The van der Waals surface area contributed by atoms with Crippen molar-refractivity contribution in [1.82, 2.24) is 5.32 Å². The number of benzene rings is 1. The van der Waals surface area contributed by atoms with Gasteiger partial charge in [-0.05, 0) is 49.8 Å². The predicted molar refractivity (Wildman–Crippen MR) is 104 cm³/mol. The molecule has 1 aromatic heterocycles. The zero-order chi connectivity index (χ0) is 19.2. The van der Waals surface area contributed by atoms with Gasteiger partial charge in [0.15, 0.2) is 0 Å². The van der Waals surface area contributed by atoms with Crippen LogP contribution in [-0.2, 0) is 12.8 Å². The second-order valence-electron chi connectivity index (χ2n) is 7.35. The van der Waals surface area contributed by atoms with Crippen molar-refractivity contribution in [1.29, 1.82) is 0 Å². The van der Waals surface area contributed by atoms with Crippen LogP contribution in [0.1, 0.15) is 52.9 Å². The van der Waals surface area contributed by atoms with Crippen LogP contribution >= 0.6 is 0 Å². The molecule has 27 heavy (non-hydrogen) atoms. The summed E-state index contributed by atoms with van der Waals surface area (Å²) in [6.07, 6.45) is 5.15. The minimum atomic E-state index is -0.583. The molecule has 0 aliphatic heterocycles. The van der Waals surface area contributed by atoms with Crippen molar-refractivity contribution in [2.24, 2.45) is 5.92 Å². The lowest BCUT2D eigenvalue weighted by molar-refractivity contribution is 0.0911. The van der Waals surface area contributed by atoms with Crippen LogP contribution in [0, 0.1) is 12.8 Å². The molecule has 2 N–H and O–H groups in total. The number of nitrogens with one attached hydrogen (secondary N) is 1. The van der Waals surface area contributed by atoms with Gasteiger partial charge in [-0.1, -0.05) is 36.8 Å². The Morgan fingerprint density at radius 1 is 1.22 bits per heavy atom. The van der Waals surface area contributed by atoms with Crippen LogP contribution in [0.5, 0.6) is 0 Å². The Hall–Kier alpha value is -2.40. The molecule has 0 radical (unpaired) electrons. The average molecular weight is 369 g/mol. The Kier molecular flexibility index (Phi) is 6.45. The second kappa shape index (κ2) is 9.00. The zero-order valence-electron chi connectivity index (χ0n) is 15.7. The maximum Gasteiger partial charge on any atom is 0.349 e. The van der Waals surface area contributed by atoms with Gasteiger partial charge < -0.3 is 14.8 Å². The van der Waals surface area contributed by atoms with Crippen molar-refractivity contribution in [3.63, 3.8) is 0 Å². The van der Waals surface area contributed by atoms with E-state index in [0.717, 1.165) is 32.1 Å². The molecule has 1 aromatic carbocycles. The molecule has 1 fully saturated rings. The van der Waals surface area contributed by atoms with E-state index < -0.39 is 11.5 Å². The maximum absolute atomic E-state index is 12.6. The standard InChI is InChI=1S/C22H27NO4/c1-15-13-18(11-5-9-16-7-3-2-4-8-16)27-22(26)20(15)21(25)23-19-12-6-10-17(19)14-24/h2-4,7-8,13,17,19,24H,5-6,9-12,14H2,1H3,(H,23,25)/t17-,19-/m0/s1. The van der Waals surface area contributed by atoms with Gasteiger partial charge in [-0.15, -0.1) is 0 Å². The number of hydrogen-bond donors (Lipinski definition) is 2. The number of aliphatic hydroxyl groups is 1. The molecule has 1 amide bonds. The molecule has 0 bridgehead atoms. The molecule has 0 spiro atoms. The number of rotatable bonds is 7. The highest BCUT2D eigenvalue weighted by Gasteiger charge is 2.29. The molecular formula is C22H27NO4. The van der Waals surface area contributed by atoms with Crippen LogP contribution in [0.3, 0.4) is 0 Å². The summed E-state index contributed by atoms with van der Waals surface area (Å²) >= 11 is 0. The van der Waals surface area contributed by atoms with Gasteiger partial charge in [-0.25, -0.2) is 4.79 Å². The number of carbonyl (C=O) groups is 1. The third-order valence-electron chi connectivity index (χ3n) is 5.37. The summed E-state index contributed by atoms with van der Waals surface area (Å²) in [5, 5.41) is 12.3. The monoisotopic (exact) mass is 369 g/mol. The van der Waals surface area contributed by atoms with E-state index in [1.54, 1.807) is 13.0 Å². The Labute approximate surface area is 159 Å². The fourth-order valence-electron chi connectivity index (χ4n) is 3.87. The molecule has 2 aromatic rings. The highest BCUT2D eigenvalue weighted by molar-refractivity contribution is 5.95. The molecule has 5 heteroatoms. The third-order valence-corrected chi connectivity index (χ3v) is 5.37. The minimum absolute atomic E-state index is 0.0545. The zero-order valence-corrected chi connectivity index (χ0v) is 15.7. The third kappa shape index (κ3) is 4.86. The van der Waals surface area contributed by atoms with Crippen molar-refractivity contribution in [2.45, 2.75) is 51.5 Å². The number of hydrogen-bond acceptors (Lipinski definition) is 4. The van der Waals surface area contributed by atoms with Gasteiger partial charge in [0, 0.05) is 25.0 Å². The summed E-state index contributed by atoms with van der Waals surface area (Å²) < 4.78 is 5.40. The summed E-state index contributed by atoms with van der Waals surface area (Å²) in [6.45, 7) is 1.82. The fraction of sp³-hybridized carbons (Fsp3) is 0.455. The molecule has 3 rings (SSSR count). The van der Waals surface area contributed by atoms with Crippen molar-refractivity contribution < 1.29 is 14.3 Å². The van der Waals surface area contributed by atoms with Gasteiger partial charge in [0.1, 0.15) is 11.3 Å². The first-order valence-corrected chi connectivity index (χ1v) is 9.67. The molecule has 1 heterocycles. The summed E-state index contributed by atoms with van der Waals surface area (Å²) in [4.78, 5) is 24.9. The summed E-state index contributed by atoms with van der Waals surface area (Å²) in [6, 6.07) is 11.9. The van der Waals surface area contributed by atoms with Gasteiger partial charge in [-0.3, -0.25) is 4.79 Å². The molecule has 144 valence electrons. The van der Waals surface area contributed by atoms with Crippen molar-refractivity contribution in [2.75, 3.05) is 6.61 Å². The van der Waals surface area contributed by atoms with E-state index in [-0.39, 0.29) is 24.1 Å². The molecule has 2 atom stereocenters. The molecular weight excluding hydrogens is 342 g/mol. The first-order valence-electron chi connectivity index (χ1n) is 9.67. The lowest BCUT2D eigenvalue weighted by atomic mass is 10.0. The van der Waals surface area contributed by atoms with Crippen LogP contribution in [0.25, 0.3) is 0 Å². The van der Waals surface area contributed by atoms with Crippen molar-refractivity contribution in [3.8, 4) is 0 Å². The Bertz CT molecular complexity index is 828. The van der Waals surface area contributed by atoms with Gasteiger partial charge in [0.05, 0.1) is 0 Å². The van der Waals surface area contributed by atoms with E-state index in [1.165, 1.54) is 5.56 Å². The first-order chi connectivity index (χ1) is 13.1. The molecule has 1 saturated carbocycles. The van der Waals surface area contributed by atoms with Gasteiger partial charge >= 0.3 is 5.63 Å². The average Bonchev–Trinajstić information content (AvgIpc) is 3.09.